The van der Waals surface area contributed by atoms with Crippen molar-refractivity contribution in [2.24, 2.45) is 0 Å². The van der Waals surface area contributed by atoms with Gasteiger partial charge in [-0.05, 0) is 37.3 Å². The van der Waals surface area contributed by atoms with Crippen LogP contribution in [0.4, 0.5) is 0 Å². The van der Waals surface area contributed by atoms with E-state index >= 15 is 0 Å². The van der Waals surface area contributed by atoms with Gasteiger partial charge in [-0.3, -0.25) is 13.9 Å². The van der Waals surface area contributed by atoms with Crippen molar-refractivity contribution in [3.05, 3.63) is 106 Å². The van der Waals surface area contributed by atoms with E-state index in [0.29, 0.717) is 16.1 Å². The van der Waals surface area contributed by atoms with E-state index < -0.39 is 21.7 Å². The molecular formula is C24H19ClN2O4S. The SMILES string of the molecule is CCN1C(C(=O)c2ccccc2)=C(NC(=O)c2ccc(Cl)cc2)c2ccccc2S1(=O)=O. The number of rotatable bonds is 5. The lowest BCUT2D eigenvalue weighted by Gasteiger charge is -2.33. The van der Waals surface area contributed by atoms with Crippen LogP contribution in [0.15, 0.2) is 89.5 Å². The van der Waals surface area contributed by atoms with Crippen LogP contribution in [0.25, 0.3) is 5.70 Å². The Hall–Kier alpha value is -3.42. The molecule has 1 heterocycles. The Kier molecular flexibility index (Phi) is 5.86. The maximum absolute atomic E-state index is 13.5. The molecule has 162 valence electrons. The lowest BCUT2D eigenvalue weighted by atomic mass is 10.0. The molecule has 0 saturated heterocycles. The van der Waals surface area contributed by atoms with Crippen LogP contribution in [0.2, 0.25) is 5.02 Å². The van der Waals surface area contributed by atoms with E-state index in [0.717, 1.165) is 4.31 Å². The highest BCUT2D eigenvalue weighted by molar-refractivity contribution is 7.89. The number of likely N-dealkylation sites (N-methyl/N-ethyl adjacent to an activating group) is 1. The van der Waals surface area contributed by atoms with Gasteiger partial charge in [0.2, 0.25) is 5.78 Å². The molecule has 0 aromatic heterocycles. The molecule has 1 aliphatic rings. The molecule has 1 amide bonds. The largest absolute Gasteiger partial charge is 0.319 e. The molecule has 0 unspecified atom stereocenters. The van der Waals surface area contributed by atoms with Crippen molar-refractivity contribution in [3.8, 4) is 0 Å². The van der Waals surface area contributed by atoms with E-state index in [-0.39, 0.29) is 28.4 Å². The Balaban J connectivity index is 1.94. The third-order valence-electron chi connectivity index (χ3n) is 5.09. The summed E-state index contributed by atoms with van der Waals surface area (Å²) in [6.45, 7) is 1.66. The maximum atomic E-state index is 13.5. The monoisotopic (exact) mass is 466 g/mol. The number of amides is 1. The first-order chi connectivity index (χ1) is 15.3. The summed E-state index contributed by atoms with van der Waals surface area (Å²) in [7, 11) is -3.99. The summed E-state index contributed by atoms with van der Waals surface area (Å²) in [6, 6.07) is 20.9. The molecule has 8 heteroatoms. The zero-order chi connectivity index (χ0) is 22.9. The van der Waals surface area contributed by atoms with Crippen molar-refractivity contribution in [3.63, 3.8) is 0 Å². The van der Waals surface area contributed by atoms with Gasteiger partial charge in [0.15, 0.2) is 0 Å². The number of hydrogen-bond acceptors (Lipinski definition) is 4. The molecule has 0 aliphatic carbocycles. The highest BCUT2D eigenvalue weighted by atomic mass is 35.5. The quantitative estimate of drug-likeness (QED) is 0.567. The second-order valence-corrected chi connectivity index (χ2v) is 9.31. The first-order valence-corrected chi connectivity index (χ1v) is 11.7. The predicted molar refractivity (Wildman–Crippen MR) is 123 cm³/mol. The normalized spacial score (nSPS) is 14.6. The Morgan fingerprint density at radius 2 is 1.50 bits per heavy atom. The fourth-order valence-electron chi connectivity index (χ4n) is 3.58. The van der Waals surface area contributed by atoms with E-state index in [2.05, 4.69) is 5.32 Å². The Morgan fingerprint density at radius 3 is 2.16 bits per heavy atom. The van der Waals surface area contributed by atoms with Crippen LogP contribution in [0.5, 0.6) is 0 Å². The summed E-state index contributed by atoms with van der Waals surface area (Å²) in [6.07, 6.45) is 0. The van der Waals surface area contributed by atoms with Gasteiger partial charge in [0, 0.05) is 28.3 Å². The molecule has 6 nitrogen and oxygen atoms in total. The van der Waals surface area contributed by atoms with E-state index in [1.54, 1.807) is 79.7 Å². The average Bonchev–Trinajstić information content (AvgIpc) is 2.81. The van der Waals surface area contributed by atoms with E-state index in [4.69, 9.17) is 11.6 Å². The summed E-state index contributed by atoms with van der Waals surface area (Å²) < 4.78 is 27.7. The summed E-state index contributed by atoms with van der Waals surface area (Å²) in [5, 5.41) is 3.26. The number of carbonyl (C=O) groups excluding carboxylic acids is 2. The van der Waals surface area contributed by atoms with Gasteiger partial charge in [-0.1, -0.05) is 60.1 Å². The topological polar surface area (TPSA) is 83.6 Å². The maximum Gasteiger partial charge on any atom is 0.265 e. The number of hydrogen-bond donors (Lipinski definition) is 1. The van der Waals surface area contributed by atoms with Gasteiger partial charge in [-0.2, -0.15) is 0 Å². The standard InChI is InChI=1S/C24H19ClN2O4S/c1-2-27-22(23(28)16-8-4-3-5-9-16)21(19-10-6-7-11-20(19)32(27,30)31)26-24(29)17-12-14-18(25)15-13-17/h3-15H,2H2,1H3,(H,26,29). The van der Waals surface area contributed by atoms with Gasteiger partial charge in [0.05, 0.1) is 10.6 Å². The molecule has 1 N–H and O–H groups in total. The van der Waals surface area contributed by atoms with Crippen molar-refractivity contribution in [1.82, 2.24) is 9.62 Å². The Labute approximate surface area is 191 Å². The van der Waals surface area contributed by atoms with Crippen LogP contribution in [0.3, 0.4) is 0 Å². The molecule has 0 atom stereocenters. The van der Waals surface area contributed by atoms with Crippen LogP contribution >= 0.6 is 11.6 Å². The second kappa shape index (κ2) is 8.61. The third-order valence-corrected chi connectivity index (χ3v) is 7.28. The molecule has 4 rings (SSSR count). The molecular weight excluding hydrogens is 448 g/mol. The molecule has 0 spiro atoms. The summed E-state index contributed by atoms with van der Waals surface area (Å²) >= 11 is 5.92. The molecule has 0 bridgehead atoms. The molecule has 0 fully saturated rings. The highest BCUT2D eigenvalue weighted by Gasteiger charge is 2.39. The number of halogens is 1. The van der Waals surface area contributed by atoms with E-state index in [1.807, 2.05) is 0 Å². The van der Waals surface area contributed by atoms with Crippen LogP contribution in [0, 0.1) is 0 Å². The number of carbonyl (C=O) groups is 2. The number of nitrogens with zero attached hydrogens (tertiary/aromatic N) is 1. The van der Waals surface area contributed by atoms with Crippen molar-refractivity contribution < 1.29 is 18.0 Å². The Bertz CT molecular complexity index is 1330. The predicted octanol–water partition coefficient (Wildman–Crippen LogP) is 4.35. The summed E-state index contributed by atoms with van der Waals surface area (Å²) in [5.41, 5.74) is 0.945. The van der Waals surface area contributed by atoms with Gasteiger partial charge in [0.25, 0.3) is 15.9 Å². The van der Waals surface area contributed by atoms with Gasteiger partial charge < -0.3 is 5.32 Å². The minimum Gasteiger partial charge on any atom is -0.319 e. The van der Waals surface area contributed by atoms with Crippen molar-refractivity contribution in [2.45, 2.75) is 11.8 Å². The van der Waals surface area contributed by atoms with Crippen LogP contribution in [-0.4, -0.2) is 31.0 Å². The van der Waals surface area contributed by atoms with Gasteiger partial charge in [-0.15, -0.1) is 0 Å². The van der Waals surface area contributed by atoms with Gasteiger partial charge in [-0.25, -0.2) is 8.42 Å². The molecule has 0 radical (unpaired) electrons. The number of allylic oxidation sites excluding steroid dienone is 1. The lowest BCUT2D eigenvalue weighted by Crippen LogP contribution is -2.41. The average molecular weight is 467 g/mol. The first-order valence-electron chi connectivity index (χ1n) is 9.87. The zero-order valence-corrected chi connectivity index (χ0v) is 18.7. The number of fused-ring (bicyclic) bond motifs is 1. The van der Waals surface area contributed by atoms with E-state index in [1.165, 1.54) is 6.07 Å². The Morgan fingerprint density at radius 1 is 0.875 bits per heavy atom. The molecule has 3 aromatic rings. The first kappa shape index (κ1) is 21.8. The summed E-state index contributed by atoms with van der Waals surface area (Å²) in [4.78, 5) is 26.6. The molecule has 32 heavy (non-hydrogen) atoms. The molecule has 0 saturated carbocycles. The van der Waals surface area contributed by atoms with Crippen molar-refractivity contribution >= 4 is 39.0 Å². The third kappa shape index (κ3) is 3.81. The molecule has 1 aliphatic heterocycles. The smallest absolute Gasteiger partial charge is 0.265 e. The van der Waals surface area contributed by atoms with Gasteiger partial charge in [0.1, 0.15) is 5.70 Å². The van der Waals surface area contributed by atoms with Crippen LogP contribution in [0.1, 0.15) is 33.2 Å². The van der Waals surface area contributed by atoms with Crippen molar-refractivity contribution in [2.75, 3.05) is 6.54 Å². The minimum atomic E-state index is -3.99. The van der Waals surface area contributed by atoms with E-state index in [9.17, 15) is 18.0 Å². The minimum absolute atomic E-state index is 0.0187. The fraction of sp³-hybridized carbons (Fsp3) is 0.0833. The highest BCUT2D eigenvalue weighted by Crippen LogP contribution is 2.37. The second-order valence-electron chi connectivity index (χ2n) is 7.05. The zero-order valence-electron chi connectivity index (χ0n) is 17.1. The number of sulfonamides is 1. The van der Waals surface area contributed by atoms with Crippen LogP contribution < -0.4 is 5.32 Å². The number of Topliss-reactive ketones (excluding diaryl/α,β-unsaturated/α-hetero) is 1. The lowest BCUT2D eigenvalue weighted by molar-refractivity contribution is 0.0972. The van der Waals surface area contributed by atoms with Crippen molar-refractivity contribution in [1.29, 1.82) is 0 Å². The van der Waals surface area contributed by atoms with Crippen LogP contribution in [-0.2, 0) is 10.0 Å². The number of nitrogens with one attached hydrogen (secondary N) is 1. The molecule has 3 aromatic carbocycles. The fourth-order valence-corrected chi connectivity index (χ4v) is 5.40. The van der Waals surface area contributed by atoms with Gasteiger partial charge >= 0.3 is 0 Å². The summed E-state index contributed by atoms with van der Waals surface area (Å²) in [5.74, 6) is -0.989. The number of ketones is 1. The number of benzene rings is 3.